The lowest BCUT2D eigenvalue weighted by molar-refractivity contribution is -0.141. The summed E-state index contributed by atoms with van der Waals surface area (Å²) in [6.07, 6.45) is 15.0. The standard InChI is InChI=1S/C36H46O2/c1-3-4-5-6-11-28-15-19-30(20-16-28)31-23-25-33(26-24-31)35-14-8-7-13-34(35)32-21-17-29(18-22-32)12-9-10-27(2)36(37)38/h7-8,13-14,17-18,21-28,30H,3-6,9-12,15-16,19-20H2,1-2H3,(H,37,38). The Morgan fingerprint density at radius 3 is 1.97 bits per heavy atom. The van der Waals surface area contributed by atoms with E-state index in [-0.39, 0.29) is 5.92 Å². The summed E-state index contributed by atoms with van der Waals surface area (Å²) in [5.74, 6) is 0.694. The molecule has 0 radical (unpaired) electrons. The summed E-state index contributed by atoms with van der Waals surface area (Å²) in [5, 5.41) is 9.09. The smallest absolute Gasteiger partial charge is 0.306 e. The third-order valence-electron chi connectivity index (χ3n) is 8.72. The number of carboxylic acids is 1. The number of hydrogen-bond acceptors (Lipinski definition) is 1. The predicted molar refractivity (Wildman–Crippen MR) is 161 cm³/mol. The lowest BCUT2D eigenvalue weighted by Gasteiger charge is -2.29. The minimum atomic E-state index is -0.703. The zero-order chi connectivity index (χ0) is 26.7. The fraction of sp³-hybridized carbons (Fsp3) is 0.472. The molecule has 1 N–H and O–H groups in total. The first-order chi connectivity index (χ1) is 18.5. The van der Waals surface area contributed by atoms with Gasteiger partial charge in [0.1, 0.15) is 0 Å². The fourth-order valence-corrected chi connectivity index (χ4v) is 6.15. The van der Waals surface area contributed by atoms with E-state index in [0.29, 0.717) is 0 Å². The number of aliphatic carboxylic acids is 1. The van der Waals surface area contributed by atoms with Crippen molar-refractivity contribution in [1.82, 2.24) is 0 Å². The van der Waals surface area contributed by atoms with Gasteiger partial charge in [0.05, 0.1) is 5.92 Å². The van der Waals surface area contributed by atoms with Crippen LogP contribution in [0.15, 0.2) is 72.8 Å². The SMILES string of the molecule is CCCCCCC1CCC(c2ccc(-c3ccccc3-c3ccc(CCCC(C)C(=O)O)cc3)cc2)CC1. The van der Waals surface area contributed by atoms with E-state index in [1.165, 1.54) is 91.2 Å². The van der Waals surface area contributed by atoms with Gasteiger partial charge in [-0.15, -0.1) is 0 Å². The van der Waals surface area contributed by atoms with Crippen LogP contribution in [0.2, 0.25) is 0 Å². The highest BCUT2D eigenvalue weighted by molar-refractivity contribution is 5.83. The quantitative estimate of drug-likeness (QED) is 0.232. The summed E-state index contributed by atoms with van der Waals surface area (Å²) >= 11 is 0. The highest BCUT2D eigenvalue weighted by atomic mass is 16.4. The maximum atomic E-state index is 11.1. The van der Waals surface area contributed by atoms with Gasteiger partial charge in [0, 0.05) is 0 Å². The van der Waals surface area contributed by atoms with E-state index < -0.39 is 5.97 Å². The van der Waals surface area contributed by atoms with Gasteiger partial charge >= 0.3 is 5.97 Å². The Bertz CT molecular complexity index is 1120. The average molecular weight is 511 g/mol. The molecule has 0 heterocycles. The molecule has 1 aliphatic carbocycles. The van der Waals surface area contributed by atoms with Gasteiger partial charge < -0.3 is 5.11 Å². The molecule has 3 aromatic rings. The second-order valence-corrected chi connectivity index (χ2v) is 11.6. The van der Waals surface area contributed by atoms with Crippen LogP contribution in [0.5, 0.6) is 0 Å². The number of unbranched alkanes of at least 4 members (excludes halogenated alkanes) is 3. The topological polar surface area (TPSA) is 37.3 Å². The molecule has 1 unspecified atom stereocenters. The van der Waals surface area contributed by atoms with E-state index in [4.69, 9.17) is 5.11 Å². The van der Waals surface area contributed by atoms with E-state index in [0.717, 1.165) is 31.1 Å². The monoisotopic (exact) mass is 510 g/mol. The number of benzene rings is 3. The Labute approximate surface area is 230 Å². The Morgan fingerprint density at radius 1 is 0.789 bits per heavy atom. The number of hydrogen-bond donors (Lipinski definition) is 1. The van der Waals surface area contributed by atoms with Crippen LogP contribution in [0, 0.1) is 11.8 Å². The number of aryl methyl sites for hydroxylation is 1. The highest BCUT2D eigenvalue weighted by Crippen LogP contribution is 2.39. The zero-order valence-electron chi connectivity index (χ0n) is 23.5. The second kappa shape index (κ2) is 14.3. The van der Waals surface area contributed by atoms with Crippen LogP contribution in [0.1, 0.15) is 102 Å². The van der Waals surface area contributed by atoms with Gasteiger partial charge in [-0.05, 0) is 90.2 Å². The summed E-state index contributed by atoms with van der Waals surface area (Å²) in [6, 6.07) is 26.9. The molecule has 0 amide bonds. The molecule has 1 atom stereocenters. The van der Waals surface area contributed by atoms with Crippen LogP contribution in [-0.4, -0.2) is 11.1 Å². The molecule has 1 fully saturated rings. The van der Waals surface area contributed by atoms with E-state index in [2.05, 4.69) is 79.7 Å². The first kappa shape index (κ1) is 28.1. The molecule has 0 aromatic heterocycles. The third-order valence-corrected chi connectivity index (χ3v) is 8.72. The van der Waals surface area contributed by atoms with Gasteiger partial charge in [0.25, 0.3) is 0 Å². The van der Waals surface area contributed by atoms with Crippen LogP contribution >= 0.6 is 0 Å². The third kappa shape index (κ3) is 7.82. The van der Waals surface area contributed by atoms with Gasteiger partial charge in [-0.2, -0.15) is 0 Å². The van der Waals surface area contributed by atoms with Gasteiger partial charge in [-0.1, -0.05) is 119 Å². The molecular formula is C36H46O2. The maximum Gasteiger partial charge on any atom is 0.306 e. The van der Waals surface area contributed by atoms with E-state index in [1.807, 2.05) is 0 Å². The van der Waals surface area contributed by atoms with Crippen LogP contribution in [-0.2, 0) is 11.2 Å². The molecule has 202 valence electrons. The Hall–Kier alpha value is -2.87. The first-order valence-corrected chi connectivity index (χ1v) is 15.1. The maximum absolute atomic E-state index is 11.1. The molecule has 2 nitrogen and oxygen atoms in total. The number of carbonyl (C=O) groups is 1. The fourth-order valence-electron chi connectivity index (χ4n) is 6.15. The molecule has 1 saturated carbocycles. The lowest BCUT2D eigenvalue weighted by atomic mass is 9.77. The van der Waals surface area contributed by atoms with Crippen molar-refractivity contribution >= 4 is 5.97 Å². The van der Waals surface area contributed by atoms with Crippen molar-refractivity contribution in [2.45, 2.75) is 96.8 Å². The average Bonchev–Trinajstić information content (AvgIpc) is 2.96. The molecule has 3 aromatic carbocycles. The molecule has 38 heavy (non-hydrogen) atoms. The molecule has 0 aliphatic heterocycles. The van der Waals surface area contributed by atoms with Crippen molar-refractivity contribution in [2.24, 2.45) is 11.8 Å². The second-order valence-electron chi connectivity index (χ2n) is 11.6. The largest absolute Gasteiger partial charge is 0.481 e. The van der Waals surface area contributed by atoms with Gasteiger partial charge in [0.2, 0.25) is 0 Å². The Morgan fingerprint density at radius 2 is 1.39 bits per heavy atom. The Kier molecular flexibility index (Phi) is 10.6. The molecule has 2 heteroatoms. The van der Waals surface area contributed by atoms with E-state index in [1.54, 1.807) is 6.92 Å². The van der Waals surface area contributed by atoms with E-state index in [9.17, 15) is 4.79 Å². The lowest BCUT2D eigenvalue weighted by Crippen LogP contribution is -2.13. The minimum absolute atomic E-state index is 0.275. The minimum Gasteiger partial charge on any atom is -0.481 e. The normalized spacial score (nSPS) is 18.3. The van der Waals surface area contributed by atoms with Crippen molar-refractivity contribution in [3.05, 3.63) is 83.9 Å². The van der Waals surface area contributed by atoms with Gasteiger partial charge in [-0.25, -0.2) is 0 Å². The van der Waals surface area contributed by atoms with Crippen LogP contribution in [0.3, 0.4) is 0 Å². The van der Waals surface area contributed by atoms with E-state index >= 15 is 0 Å². The predicted octanol–water partition coefficient (Wildman–Crippen LogP) is 10.3. The molecule has 0 saturated heterocycles. The van der Waals surface area contributed by atoms with Crippen LogP contribution in [0.25, 0.3) is 22.3 Å². The summed E-state index contributed by atoms with van der Waals surface area (Å²) in [7, 11) is 0. The van der Waals surface area contributed by atoms with Crippen LogP contribution in [0.4, 0.5) is 0 Å². The van der Waals surface area contributed by atoms with Crippen molar-refractivity contribution in [1.29, 1.82) is 0 Å². The zero-order valence-corrected chi connectivity index (χ0v) is 23.5. The molecular weight excluding hydrogens is 464 g/mol. The number of rotatable bonds is 13. The van der Waals surface area contributed by atoms with Crippen LogP contribution < -0.4 is 0 Å². The highest BCUT2D eigenvalue weighted by Gasteiger charge is 2.22. The Balaban J connectivity index is 1.36. The van der Waals surface area contributed by atoms with Gasteiger partial charge in [-0.3, -0.25) is 4.79 Å². The molecule has 0 bridgehead atoms. The first-order valence-electron chi connectivity index (χ1n) is 15.1. The van der Waals surface area contributed by atoms with Crippen molar-refractivity contribution < 1.29 is 9.90 Å². The van der Waals surface area contributed by atoms with Gasteiger partial charge in [0.15, 0.2) is 0 Å². The van der Waals surface area contributed by atoms with Crippen molar-refractivity contribution in [2.75, 3.05) is 0 Å². The molecule has 0 spiro atoms. The summed E-state index contributed by atoms with van der Waals surface area (Å²) < 4.78 is 0. The summed E-state index contributed by atoms with van der Waals surface area (Å²) in [5.41, 5.74) is 7.82. The van der Waals surface area contributed by atoms with Crippen molar-refractivity contribution in [3.63, 3.8) is 0 Å². The molecule has 1 aliphatic rings. The summed E-state index contributed by atoms with van der Waals surface area (Å²) in [6.45, 7) is 4.08. The molecule has 4 rings (SSSR count). The van der Waals surface area contributed by atoms with Crippen molar-refractivity contribution in [3.8, 4) is 22.3 Å². The summed E-state index contributed by atoms with van der Waals surface area (Å²) in [4.78, 5) is 11.1. The number of carboxylic acid groups (broad SMARTS) is 1.